The van der Waals surface area contributed by atoms with Crippen LogP contribution in [-0.2, 0) is 23.7 Å². The summed E-state index contributed by atoms with van der Waals surface area (Å²) >= 11 is 0.750. The van der Waals surface area contributed by atoms with Crippen LogP contribution in [0.1, 0.15) is 13.3 Å². The summed E-state index contributed by atoms with van der Waals surface area (Å²) in [6, 6.07) is 0. The number of hydrogen-bond donors (Lipinski definition) is 3. The van der Waals surface area contributed by atoms with E-state index in [1.54, 1.807) is 4.90 Å². The van der Waals surface area contributed by atoms with Gasteiger partial charge in [-0.05, 0) is 0 Å². The van der Waals surface area contributed by atoms with E-state index in [0.29, 0.717) is 19.6 Å². The molecule has 0 atom stereocenters. The summed E-state index contributed by atoms with van der Waals surface area (Å²) in [6.07, 6.45) is 1.00. The third-order valence-electron chi connectivity index (χ3n) is 1.25. The minimum absolute atomic E-state index is 0.0694. The standard InChI is InChI=1S/C6H15NO3.C3H7.O.Ti/c8-4-1-7(2-5-9)3-6-10;1-3-2;;/h8-10H,1-6H2;1,3H2,2H3;;/q;-1;;+1. The van der Waals surface area contributed by atoms with E-state index < -0.39 is 0 Å². The van der Waals surface area contributed by atoms with Crippen LogP contribution in [-0.4, -0.2) is 59.7 Å². The van der Waals surface area contributed by atoms with Crippen molar-refractivity contribution in [3.8, 4) is 0 Å². The van der Waals surface area contributed by atoms with Crippen LogP contribution in [0.2, 0.25) is 0 Å². The van der Waals surface area contributed by atoms with E-state index in [-0.39, 0.29) is 19.8 Å². The fourth-order valence-corrected chi connectivity index (χ4v) is 0.760. The van der Waals surface area contributed by atoms with Crippen LogP contribution in [0.5, 0.6) is 0 Å². The van der Waals surface area contributed by atoms with Gasteiger partial charge in [-0.1, -0.05) is 6.92 Å². The van der Waals surface area contributed by atoms with Gasteiger partial charge in [0.1, 0.15) is 0 Å². The molecule has 0 aliphatic heterocycles. The molecule has 91 valence electrons. The Hall–Kier alpha value is 0.354. The van der Waals surface area contributed by atoms with Gasteiger partial charge in [-0.25, -0.2) is 0 Å². The molecule has 3 N–H and O–H groups in total. The van der Waals surface area contributed by atoms with E-state index in [2.05, 4.69) is 6.92 Å². The molecule has 0 unspecified atom stereocenters. The minimum atomic E-state index is 0.0694. The molecule has 0 aromatic rings. The van der Waals surface area contributed by atoms with E-state index in [1.807, 2.05) is 6.92 Å². The zero-order chi connectivity index (χ0) is 12.5. The maximum atomic E-state index is 8.48. The monoisotopic (exact) mass is 256 g/mol. The number of nitrogens with zero attached hydrogens (tertiary/aromatic N) is 1. The Labute approximate surface area is 104 Å². The molecule has 0 saturated carbocycles. The molecular formula is C9H22NO4Ti. The maximum absolute atomic E-state index is 8.48. The normalized spacial score (nSPS) is 8.80. The summed E-state index contributed by atoms with van der Waals surface area (Å²) in [6.45, 7) is 7.25. The van der Waals surface area contributed by atoms with Crippen molar-refractivity contribution in [1.82, 2.24) is 4.90 Å². The molecule has 0 rings (SSSR count). The zero-order valence-electron chi connectivity index (χ0n) is 9.35. The fourth-order valence-electron chi connectivity index (χ4n) is 0.760. The molecular weight excluding hydrogens is 234 g/mol. The summed E-state index contributed by atoms with van der Waals surface area (Å²) in [5, 5.41) is 25.5. The Morgan fingerprint density at radius 3 is 1.33 bits per heavy atom. The van der Waals surface area contributed by atoms with Gasteiger partial charge in [0.15, 0.2) is 0 Å². The van der Waals surface area contributed by atoms with E-state index in [9.17, 15) is 0 Å². The third kappa shape index (κ3) is 25.0. The van der Waals surface area contributed by atoms with Crippen LogP contribution >= 0.6 is 0 Å². The Morgan fingerprint density at radius 2 is 1.20 bits per heavy atom. The molecule has 0 aromatic carbocycles. The van der Waals surface area contributed by atoms with Gasteiger partial charge in [0.2, 0.25) is 0 Å². The number of hydrogen-bond acceptors (Lipinski definition) is 5. The second kappa shape index (κ2) is 23.9. The molecule has 0 bridgehead atoms. The molecule has 0 aliphatic carbocycles. The van der Waals surface area contributed by atoms with Crippen molar-refractivity contribution in [3.05, 3.63) is 6.92 Å². The van der Waals surface area contributed by atoms with Crippen molar-refractivity contribution in [3.63, 3.8) is 0 Å². The number of aliphatic hydroxyl groups is 3. The van der Waals surface area contributed by atoms with Crippen LogP contribution in [0.3, 0.4) is 0 Å². The van der Waals surface area contributed by atoms with Crippen molar-refractivity contribution in [2.75, 3.05) is 39.5 Å². The molecule has 15 heavy (non-hydrogen) atoms. The van der Waals surface area contributed by atoms with Gasteiger partial charge in [-0.3, -0.25) is 4.90 Å². The molecule has 0 spiro atoms. The van der Waals surface area contributed by atoms with Crippen LogP contribution in [0.4, 0.5) is 0 Å². The van der Waals surface area contributed by atoms with Gasteiger partial charge in [-0.2, -0.15) is 6.42 Å². The number of aliphatic hydroxyl groups excluding tert-OH is 3. The first-order chi connectivity index (χ1) is 7.26. The van der Waals surface area contributed by atoms with Crippen LogP contribution in [0.15, 0.2) is 0 Å². The van der Waals surface area contributed by atoms with Gasteiger partial charge in [0.05, 0.1) is 19.8 Å². The Kier molecular flexibility index (Phi) is 33.0. The fraction of sp³-hybridized carbons (Fsp3) is 0.889. The van der Waals surface area contributed by atoms with E-state index in [1.165, 1.54) is 0 Å². The molecule has 0 radical (unpaired) electrons. The van der Waals surface area contributed by atoms with Gasteiger partial charge in [0, 0.05) is 19.6 Å². The average molecular weight is 256 g/mol. The second-order valence-electron chi connectivity index (χ2n) is 2.51. The van der Waals surface area contributed by atoms with Crippen molar-refractivity contribution >= 4 is 0 Å². The summed E-state index contributed by atoms with van der Waals surface area (Å²) in [4.78, 5) is 1.79. The molecule has 0 saturated heterocycles. The first-order valence-corrected chi connectivity index (χ1v) is 5.45. The third-order valence-corrected chi connectivity index (χ3v) is 1.25. The van der Waals surface area contributed by atoms with Crippen LogP contribution in [0, 0.1) is 6.92 Å². The molecule has 0 aliphatic rings. The average Bonchev–Trinajstić information content (AvgIpc) is 2.23. The van der Waals surface area contributed by atoms with Crippen LogP contribution in [0.25, 0.3) is 0 Å². The second-order valence-corrected chi connectivity index (χ2v) is 2.51. The topological polar surface area (TPSA) is 81.0 Å². The summed E-state index contributed by atoms with van der Waals surface area (Å²) in [5.41, 5.74) is 0. The van der Waals surface area contributed by atoms with Crippen molar-refractivity contribution in [2.24, 2.45) is 0 Å². The molecule has 6 heteroatoms. The zero-order valence-corrected chi connectivity index (χ0v) is 10.9. The molecule has 5 nitrogen and oxygen atoms in total. The first-order valence-electron chi connectivity index (χ1n) is 4.81. The van der Waals surface area contributed by atoms with E-state index >= 15 is 0 Å². The Morgan fingerprint density at radius 1 is 1.00 bits per heavy atom. The number of rotatable bonds is 6. The summed E-state index contributed by atoms with van der Waals surface area (Å²) < 4.78 is 8.25. The van der Waals surface area contributed by atoms with E-state index in [4.69, 9.17) is 18.6 Å². The quantitative estimate of drug-likeness (QED) is 0.435. The predicted molar refractivity (Wildman–Crippen MR) is 54.0 cm³/mol. The molecule has 0 fully saturated rings. The predicted octanol–water partition coefficient (Wildman–Crippen LogP) is -0.626. The summed E-state index contributed by atoms with van der Waals surface area (Å²) in [5.74, 6) is 0. The molecule has 0 heterocycles. The van der Waals surface area contributed by atoms with Gasteiger partial charge in [-0.15, -0.1) is 0 Å². The molecule has 0 amide bonds. The van der Waals surface area contributed by atoms with Crippen molar-refractivity contribution in [1.29, 1.82) is 0 Å². The van der Waals surface area contributed by atoms with Gasteiger partial charge >= 0.3 is 23.7 Å². The van der Waals surface area contributed by atoms with Crippen LogP contribution < -0.4 is 0 Å². The van der Waals surface area contributed by atoms with Crippen molar-refractivity contribution < 1.29 is 39.0 Å². The van der Waals surface area contributed by atoms with Gasteiger partial charge < -0.3 is 22.2 Å². The first kappa shape index (κ1) is 20.7. The Balaban J connectivity index is -0.000000245. The molecule has 0 aromatic heterocycles. The van der Waals surface area contributed by atoms with E-state index in [0.717, 1.165) is 26.8 Å². The SMILES string of the molecule is OCCN(CCO)CCO.[CH2-]CC.[O]=[Ti+]. The van der Waals surface area contributed by atoms with Gasteiger partial charge in [0.25, 0.3) is 0 Å². The Bertz CT molecular complexity index is 83.9. The van der Waals surface area contributed by atoms with Crippen molar-refractivity contribution in [2.45, 2.75) is 13.3 Å². The summed E-state index contributed by atoms with van der Waals surface area (Å²) in [7, 11) is 0.